The van der Waals surface area contributed by atoms with Crippen LogP contribution < -0.4 is 4.72 Å². The van der Waals surface area contributed by atoms with Crippen LogP contribution >= 0.6 is 11.6 Å². The Kier molecular flexibility index (Phi) is 7.59. The second-order valence-electron chi connectivity index (χ2n) is 3.39. The predicted molar refractivity (Wildman–Crippen MR) is 61.2 cm³/mol. The SMILES string of the molecule is CCC(CC)CNS(=O)(=O)CCCCl. The first kappa shape index (κ1) is 14.2. The van der Waals surface area contributed by atoms with E-state index in [-0.39, 0.29) is 5.75 Å². The molecule has 0 aromatic rings. The minimum absolute atomic E-state index is 0.136. The van der Waals surface area contributed by atoms with Crippen LogP contribution in [0.25, 0.3) is 0 Å². The van der Waals surface area contributed by atoms with Crippen molar-refractivity contribution in [3.8, 4) is 0 Å². The molecule has 86 valence electrons. The number of hydrogen-bond donors (Lipinski definition) is 1. The number of rotatable bonds is 8. The van der Waals surface area contributed by atoms with Crippen molar-refractivity contribution in [3.05, 3.63) is 0 Å². The fraction of sp³-hybridized carbons (Fsp3) is 1.00. The van der Waals surface area contributed by atoms with Crippen molar-refractivity contribution in [2.75, 3.05) is 18.2 Å². The quantitative estimate of drug-likeness (QED) is 0.661. The normalized spacial score (nSPS) is 12.3. The van der Waals surface area contributed by atoms with Gasteiger partial charge in [-0.2, -0.15) is 0 Å². The van der Waals surface area contributed by atoms with E-state index in [0.29, 0.717) is 24.8 Å². The molecule has 0 bridgehead atoms. The summed E-state index contributed by atoms with van der Waals surface area (Å²) in [6, 6.07) is 0. The van der Waals surface area contributed by atoms with Crippen LogP contribution in [-0.4, -0.2) is 26.6 Å². The summed E-state index contributed by atoms with van der Waals surface area (Å²) in [7, 11) is -3.09. The van der Waals surface area contributed by atoms with Crippen molar-refractivity contribution in [3.63, 3.8) is 0 Å². The zero-order valence-corrected chi connectivity index (χ0v) is 10.5. The summed E-state index contributed by atoms with van der Waals surface area (Å²) in [6.45, 7) is 4.69. The topological polar surface area (TPSA) is 46.2 Å². The fourth-order valence-electron chi connectivity index (χ4n) is 1.14. The highest BCUT2D eigenvalue weighted by molar-refractivity contribution is 7.89. The summed E-state index contributed by atoms with van der Waals surface area (Å²) < 4.78 is 25.3. The first-order valence-electron chi connectivity index (χ1n) is 5.09. The molecule has 0 rings (SSSR count). The van der Waals surface area contributed by atoms with Crippen molar-refractivity contribution in [2.24, 2.45) is 5.92 Å². The first-order chi connectivity index (χ1) is 6.55. The van der Waals surface area contributed by atoms with Crippen molar-refractivity contribution in [1.29, 1.82) is 0 Å². The molecule has 1 N–H and O–H groups in total. The van der Waals surface area contributed by atoms with Gasteiger partial charge in [0.25, 0.3) is 0 Å². The number of hydrogen-bond acceptors (Lipinski definition) is 2. The van der Waals surface area contributed by atoms with Crippen molar-refractivity contribution < 1.29 is 8.42 Å². The first-order valence-corrected chi connectivity index (χ1v) is 7.27. The third-order valence-electron chi connectivity index (χ3n) is 2.29. The number of halogens is 1. The zero-order chi connectivity index (χ0) is 11.0. The standard InChI is InChI=1S/C9H20ClNO2S/c1-3-9(4-2)8-11-14(12,13)7-5-6-10/h9,11H,3-8H2,1-2H3. The minimum Gasteiger partial charge on any atom is -0.215 e. The molecular formula is C9H20ClNO2S. The van der Waals surface area contributed by atoms with E-state index in [2.05, 4.69) is 18.6 Å². The number of alkyl halides is 1. The smallest absolute Gasteiger partial charge is 0.211 e. The lowest BCUT2D eigenvalue weighted by molar-refractivity contribution is 0.478. The summed E-state index contributed by atoms with van der Waals surface area (Å²) in [5, 5.41) is 0. The third-order valence-corrected chi connectivity index (χ3v) is 3.99. The van der Waals surface area contributed by atoms with Gasteiger partial charge in [-0.1, -0.05) is 26.7 Å². The highest BCUT2D eigenvalue weighted by Crippen LogP contribution is 2.06. The summed E-state index contributed by atoms with van der Waals surface area (Å²) in [5.74, 6) is 0.975. The van der Waals surface area contributed by atoms with Crippen LogP contribution in [0.15, 0.2) is 0 Å². The lowest BCUT2D eigenvalue weighted by Crippen LogP contribution is -2.31. The molecule has 0 radical (unpaired) electrons. The molecule has 0 aliphatic heterocycles. The van der Waals surface area contributed by atoms with Crippen LogP contribution in [-0.2, 0) is 10.0 Å². The molecule has 0 fully saturated rings. The van der Waals surface area contributed by atoms with Gasteiger partial charge in [-0.05, 0) is 12.3 Å². The van der Waals surface area contributed by atoms with Crippen LogP contribution in [0.5, 0.6) is 0 Å². The van der Waals surface area contributed by atoms with Gasteiger partial charge in [0.05, 0.1) is 5.75 Å². The van der Waals surface area contributed by atoms with E-state index in [1.807, 2.05) is 0 Å². The lowest BCUT2D eigenvalue weighted by atomic mass is 10.0. The minimum atomic E-state index is -3.09. The zero-order valence-electron chi connectivity index (χ0n) is 8.92. The van der Waals surface area contributed by atoms with Crippen LogP contribution in [0.2, 0.25) is 0 Å². The molecular weight excluding hydrogens is 222 g/mol. The molecule has 0 spiro atoms. The van der Waals surface area contributed by atoms with Crippen LogP contribution in [0, 0.1) is 5.92 Å². The van der Waals surface area contributed by atoms with Gasteiger partial charge in [-0.15, -0.1) is 11.6 Å². The van der Waals surface area contributed by atoms with Gasteiger partial charge in [0.15, 0.2) is 0 Å². The van der Waals surface area contributed by atoms with Crippen LogP contribution in [0.4, 0.5) is 0 Å². The predicted octanol–water partition coefficient (Wildman–Crippen LogP) is 1.97. The molecule has 0 aliphatic rings. The van der Waals surface area contributed by atoms with E-state index in [0.717, 1.165) is 12.8 Å². The highest BCUT2D eigenvalue weighted by Gasteiger charge is 2.11. The Morgan fingerprint density at radius 2 is 1.86 bits per heavy atom. The van der Waals surface area contributed by atoms with E-state index >= 15 is 0 Å². The molecule has 0 atom stereocenters. The molecule has 0 unspecified atom stereocenters. The Morgan fingerprint density at radius 1 is 1.29 bits per heavy atom. The Labute approximate surface area is 92.3 Å². The Bertz CT molecular complexity index is 225. The molecule has 0 aromatic carbocycles. The van der Waals surface area contributed by atoms with Gasteiger partial charge in [0.1, 0.15) is 0 Å². The maximum atomic E-state index is 11.4. The van der Waals surface area contributed by atoms with Crippen molar-refractivity contribution in [2.45, 2.75) is 33.1 Å². The monoisotopic (exact) mass is 241 g/mol. The number of nitrogens with one attached hydrogen (secondary N) is 1. The molecule has 0 saturated heterocycles. The maximum absolute atomic E-state index is 11.4. The molecule has 0 heterocycles. The molecule has 0 aliphatic carbocycles. The molecule has 3 nitrogen and oxygen atoms in total. The highest BCUT2D eigenvalue weighted by atomic mass is 35.5. The van der Waals surface area contributed by atoms with Crippen molar-refractivity contribution in [1.82, 2.24) is 4.72 Å². The molecule has 5 heteroatoms. The number of sulfonamides is 1. The molecule has 0 aromatic heterocycles. The maximum Gasteiger partial charge on any atom is 0.211 e. The Balaban J connectivity index is 3.86. The summed E-state index contributed by atoms with van der Waals surface area (Å²) >= 11 is 5.43. The second kappa shape index (κ2) is 7.49. The van der Waals surface area contributed by atoms with Gasteiger partial charge in [0.2, 0.25) is 10.0 Å². The van der Waals surface area contributed by atoms with Gasteiger partial charge in [0, 0.05) is 12.4 Å². The lowest BCUT2D eigenvalue weighted by Gasteiger charge is -2.13. The van der Waals surface area contributed by atoms with Gasteiger partial charge in [-0.25, -0.2) is 13.1 Å². The molecule has 0 amide bonds. The largest absolute Gasteiger partial charge is 0.215 e. The van der Waals surface area contributed by atoms with Gasteiger partial charge in [-0.3, -0.25) is 0 Å². The average Bonchev–Trinajstić information content (AvgIpc) is 2.16. The Morgan fingerprint density at radius 3 is 2.29 bits per heavy atom. The third kappa shape index (κ3) is 6.62. The van der Waals surface area contributed by atoms with E-state index in [9.17, 15) is 8.42 Å². The van der Waals surface area contributed by atoms with Gasteiger partial charge >= 0.3 is 0 Å². The molecule has 14 heavy (non-hydrogen) atoms. The second-order valence-corrected chi connectivity index (χ2v) is 5.70. The van der Waals surface area contributed by atoms with E-state index in [1.54, 1.807) is 0 Å². The molecule has 0 saturated carbocycles. The van der Waals surface area contributed by atoms with E-state index in [4.69, 9.17) is 11.6 Å². The average molecular weight is 242 g/mol. The van der Waals surface area contributed by atoms with Gasteiger partial charge < -0.3 is 0 Å². The summed E-state index contributed by atoms with van der Waals surface area (Å²) in [4.78, 5) is 0. The fourth-order valence-corrected chi connectivity index (χ4v) is 2.59. The summed E-state index contributed by atoms with van der Waals surface area (Å²) in [6.07, 6.45) is 2.53. The van der Waals surface area contributed by atoms with Crippen LogP contribution in [0.1, 0.15) is 33.1 Å². The van der Waals surface area contributed by atoms with E-state index < -0.39 is 10.0 Å². The summed E-state index contributed by atoms with van der Waals surface area (Å²) in [5.41, 5.74) is 0. The van der Waals surface area contributed by atoms with E-state index in [1.165, 1.54) is 0 Å². The van der Waals surface area contributed by atoms with Crippen LogP contribution in [0.3, 0.4) is 0 Å². The Hall–Kier alpha value is 0.200. The van der Waals surface area contributed by atoms with Crippen molar-refractivity contribution >= 4 is 21.6 Å².